The zero-order valence-corrected chi connectivity index (χ0v) is 11.1. The second kappa shape index (κ2) is 5.10. The highest BCUT2D eigenvalue weighted by Crippen LogP contribution is 2.24. The summed E-state index contributed by atoms with van der Waals surface area (Å²) in [5.41, 5.74) is 0.606. The van der Waals surface area contributed by atoms with Gasteiger partial charge in [-0.15, -0.1) is 0 Å². The summed E-state index contributed by atoms with van der Waals surface area (Å²) in [7, 11) is 1.72. The number of aryl methyl sites for hydroxylation is 2. The number of aromatic nitrogens is 1. The minimum absolute atomic E-state index is 0.115. The van der Waals surface area contributed by atoms with Gasteiger partial charge in [-0.25, -0.2) is 4.98 Å². The maximum absolute atomic E-state index is 12.3. The summed E-state index contributed by atoms with van der Waals surface area (Å²) in [5.74, 6) is 0.584. The molecule has 1 aliphatic carbocycles. The second-order valence-corrected chi connectivity index (χ2v) is 4.98. The average Bonchev–Trinajstić information content (AvgIpc) is 2.67. The Hall–Kier alpha value is -1.36. The largest absolute Gasteiger partial charge is 0.436 e. The molecule has 5 heteroatoms. The van der Waals surface area contributed by atoms with Crippen molar-refractivity contribution in [2.45, 2.75) is 51.7 Å². The molecular weight excluding hydrogens is 232 g/mol. The van der Waals surface area contributed by atoms with Crippen LogP contribution in [0.2, 0.25) is 0 Å². The molecule has 1 fully saturated rings. The molecule has 100 valence electrons. The van der Waals surface area contributed by atoms with Crippen molar-refractivity contribution in [2.24, 2.45) is 0 Å². The van der Waals surface area contributed by atoms with Crippen molar-refractivity contribution < 1.29 is 14.3 Å². The van der Waals surface area contributed by atoms with Crippen LogP contribution in [0.4, 0.5) is 0 Å². The van der Waals surface area contributed by atoms with E-state index in [1.807, 2.05) is 0 Å². The minimum atomic E-state index is -0.433. The zero-order chi connectivity index (χ0) is 13.3. The van der Waals surface area contributed by atoms with E-state index in [0.717, 1.165) is 25.7 Å². The van der Waals surface area contributed by atoms with Gasteiger partial charge in [0.15, 0.2) is 5.89 Å². The van der Waals surface area contributed by atoms with Crippen molar-refractivity contribution >= 4 is 5.91 Å². The highest BCUT2D eigenvalue weighted by Gasteiger charge is 2.31. The number of oxazole rings is 1. The predicted molar refractivity (Wildman–Crippen MR) is 66.3 cm³/mol. The summed E-state index contributed by atoms with van der Waals surface area (Å²) in [4.78, 5) is 18.0. The molecule has 18 heavy (non-hydrogen) atoms. The predicted octanol–water partition coefficient (Wildman–Crippen LogP) is 1.67. The molecule has 0 spiro atoms. The SMILES string of the molecule is Cc1nc(C)c(C(=O)N(C)C2CCCCC2O)o1. The maximum Gasteiger partial charge on any atom is 0.291 e. The molecule has 1 N–H and O–H groups in total. The number of amides is 1. The molecule has 0 radical (unpaired) electrons. The number of nitrogens with zero attached hydrogens (tertiary/aromatic N) is 2. The van der Waals surface area contributed by atoms with E-state index in [1.54, 1.807) is 25.8 Å². The van der Waals surface area contributed by atoms with Crippen molar-refractivity contribution in [3.63, 3.8) is 0 Å². The van der Waals surface area contributed by atoms with E-state index in [4.69, 9.17) is 4.42 Å². The Bertz CT molecular complexity index is 441. The Morgan fingerprint density at radius 2 is 2.06 bits per heavy atom. The molecule has 2 rings (SSSR count). The van der Waals surface area contributed by atoms with Gasteiger partial charge in [0.05, 0.1) is 17.8 Å². The van der Waals surface area contributed by atoms with Gasteiger partial charge in [0.25, 0.3) is 5.91 Å². The van der Waals surface area contributed by atoms with Gasteiger partial charge < -0.3 is 14.4 Å². The fourth-order valence-corrected chi connectivity index (χ4v) is 2.58. The third-order valence-corrected chi connectivity index (χ3v) is 3.61. The van der Waals surface area contributed by atoms with Crippen LogP contribution in [0.25, 0.3) is 0 Å². The lowest BCUT2D eigenvalue weighted by Gasteiger charge is -2.34. The number of aliphatic hydroxyl groups excluding tert-OH is 1. The number of rotatable bonds is 2. The van der Waals surface area contributed by atoms with E-state index in [2.05, 4.69) is 4.98 Å². The summed E-state index contributed by atoms with van der Waals surface area (Å²) in [6.07, 6.45) is 3.25. The van der Waals surface area contributed by atoms with E-state index in [9.17, 15) is 9.90 Å². The minimum Gasteiger partial charge on any atom is -0.436 e. The molecule has 1 amide bonds. The molecule has 0 bridgehead atoms. The molecule has 2 atom stereocenters. The second-order valence-electron chi connectivity index (χ2n) is 4.98. The Morgan fingerprint density at radius 3 is 2.61 bits per heavy atom. The van der Waals surface area contributed by atoms with E-state index >= 15 is 0 Å². The lowest BCUT2D eigenvalue weighted by Crippen LogP contribution is -2.46. The maximum atomic E-state index is 12.3. The van der Waals surface area contributed by atoms with E-state index in [1.165, 1.54) is 0 Å². The van der Waals surface area contributed by atoms with Gasteiger partial charge in [0.2, 0.25) is 5.76 Å². The van der Waals surface area contributed by atoms with Crippen LogP contribution >= 0.6 is 0 Å². The molecule has 1 aromatic rings. The number of carbonyl (C=O) groups excluding carboxylic acids is 1. The summed E-state index contributed by atoms with van der Waals surface area (Å²) in [5, 5.41) is 9.97. The monoisotopic (exact) mass is 252 g/mol. The van der Waals surface area contributed by atoms with Crippen LogP contribution in [0.3, 0.4) is 0 Å². The fourth-order valence-electron chi connectivity index (χ4n) is 2.58. The molecule has 1 aliphatic rings. The highest BCUT2D eigenvalue weighted by molar-refractivity contribution is 5.92. The van der Waals surface area contributed by atoms with Gasteiger partial charge in [-0.2, -0.15) is 0 Å². The lowest BCUT2D eigenvalue weighted by molar-refractivity contribution is 0.0248. The van der Waals surface area contributed by atoms with Crippen LogP contribution in [-0.2, 0) is 0 Å². The molecule has 1 saturated carbocycles. The number of hydrogen-bond acceptors (Lipinski definition) is 4. The molecule has 0 aromatic carbocycles. The van der Waals surface area contributed by atoms with Crippen LogP contribution in [0.1, 0.15) is 47.8 Å². The lowest BCUT2D eigenvalue weighted by atomic mass is 9.91. The quantitative estimate of drug-likeness (QED) is 0.869. The third kappa shape index (κ3) is 2.41. The van der Waals surface area contributed by atoms with Crippen molar-refractivity contribution in [1.29, 1.82) is 0 Å². The van der Waals surface area contributed by atoms with Crippen molar-refractivity contribution in [3.05, 3.63) is 17.3 Å². The van der Waals surface area contributed by atoms with Crippen molar-refractivity contribution in [1.82, 2.24) is 9.88 Å². The smallest absolute Gasteiger partial charge is 0.291 e. The summed E-state index contributed by atoms with van der Waals surface area (Å²) in [6.45, 7) is 3.48. The van der Waals surface area contributed by atoms with Crippen LogP contribution in [-0.4, -0.2) is 40.1 Å². The zero-order valence-electron chi connectivity index (χ0n) is 11.1. The Kier molecular flexibility index (Phi) is 3.71. The van der Waals surface area contributed by atoms with Gasteiger partial charge in [-0.1, -0.05) is 12.8 Å². The molecular formula is C13H20N2O3. The van der Waals surface area contributed by atoms with E-state index < -0.39 is 6.10 Å². The first-order valence-corrected chi connectivity index (χ1v) is 6.40. The number of aliphatic hydroxyl groups is 1. The van der Waals surface area contributed by atoms with Crippen molar-refractivity contribution in [3.8, 4) is 0 Å². The van der Waals surface area contributed by atoms with Crippen LogP contribution < -0.4 is 0 Å². The van der Waals surface area contributed by atoms with Gasteiger partial charge >= 0.3 is 0 Å². The Morgan fingerprint density at radius 1 is 1.39 bits per heavy atom. The van der Waals surface area contributed by atoms with E-state index in [-0.39, 0.29) is 17.7 Å². The first kappa shape index (κ1) is 13.1. The Balaban J connectivity index is 2.15. The van der Waals surface area contributed by atoms with Crippen LogP contribution in [0, 0.1) is 13.8 Å². The van der Waals surface area contributed by atoms with Gasteiger partial charge in [0, 0.05) is 14.0 Å². The fraction of sp³-hybridized carbons (Fsp3) is 0.692. The summed E-state index contributed by atoms with van der Waals surface area (Å²) < 4.78 is 5.34. The van der Waals surface area contributed by atoms with Gasteiger partial charge in [-0.3, -0.25) is 4.79 Å². The molecule has 1 aromatic heterocycles. The number of hydrogen-bond donors (Lipinski definition) is 1. The highest BCUT2D eigenvalue weighted by atomic mass is 16.4. The summed E-state index contributed by atoms with van der Waals surface area (Å²) >= 11 is 0. The molecule has 2 unspecified atom stereocenters. The van der Waals surface area contributed by atoms with Crippen molar-refractivity contribution in [2.75, 3.05) is 7.05 Å². The first-order valence-electron chi connectivity index (χ1n) is 6.40. The molecule has 5 nitrogen and oxygen atoms in total. The van der Waals surface area contributed by atoms with Gasteiger partial charge in [-0.05, 0) is 19.8 Å². The summed E-state index contributed by atoms with van der Waals surface area (Å²) in [6, 6.07) is -0.115. The molecule has 1 heterocycles. The van der Waals surface area contributed by atoms with Crippen LogP contribution in [0.5, 0.6) is 0 Å². The number of carbonyl (C=O) groups is 1. The van der Waals surface area contributed by atoms with E-state index in [0.29, 0.717) is 11.6 Å². The van der Waals surface area contributed by atoms with Crippen LogP contribution in [0.15, 0.2) is 4.42 Å². The normalized spacial score (nSPS) is 24.0. The number of likely N-dealkylation sites (N-methyl/N-ethyl adjacent to an activating group) is 1. The topological polar surface area (TPSA) is 66.6 Å². The first-order chi connectivity index (χ1) is 8.50. The molecule has 0 aliphatic heterocycles. The third-order valence-electron chi connectivity index (χ3n) is 3.61. The standard InChI is InChI=1S/C13H20N2O3/c1-8-12(18-9(2)14-8)13(17)15(3)10-6-4-5-7-11(10)16/h10-11,16H,4-7H2,1-3H3. The average molecular weight is 252 g/mol. The Labute approximate surface area is 107 Å². The molecule has 0 saturated heterocycles. The van der Waals surface area contributed by atoms with Gasteiger partial charge in [0.1, 0.15) is 0 Å².